The first-order valence-corrected chi connectivity index (χ1v) is 7.90. The van der Waals surface area contributed by atoms with E-state index in [-0.39, 0.29) is 18.6 Å². The van der Waals surface area contributed by atoms with Crippen molar-refractivity contribution in [2.75, 3.05) is 13.2 Å². The molecule has 0 saturated carbocycles. The number of nitrogens with one attached hydrogen (secondary N) is 1. The Labute approximate surface area is 137 Å². The molecule has 2 rings (SSSR count). The molecule has 122 valence electrons. The number of hydrogen-bond acceptors (Lipinski definition) is 3. The molecule has 0 saturated heterocycles. The lowest BCUT2D eigenvalue weighted by molar-refractivity contribution is -0.122. The highest BCUT2D eigenvalue weighted by atomic mass is 16.5. The van der Waals surface area contributed by atoms with Crippen LogP contribution in [-0.4, -0.2) is 24.2 Å². The van der Waals surface area contributed by atoms with Gasteiger partial charge in [0.15, 0.2) is 0 Å². The van der Waals surface area contributed by atoms with Crippen LogP contribution in [0.2, 0.25) is 0 Å². The fraction of sp³-hybridized carbons (Fsp3) is 0.316. The predicted octanol–water partition coefficient (Wildman–Crippen LogP) is 2.87. The van der Waals surface area contributed by atoms with Gasteiger partial charge in [-0.3, -0.25) is 4.79 Å². The molecule has 1 unspecified atom stereocenters. The molecule has 1 atom stereocenters. The monoisotopic (exact) mass is 313 g/mol. The first-order chi connectivity index (χ1) is 11.2. The molecular formula is C19H23NO3. The number of amides is 1. The second-order valence-electron chi connectivity index (χ2n) is 5.25. The van der Waals surface area contributed by atoms with E-state index in [9.17, 15) is 9.90 Å². The van der Waals surface area contributed by atoms with Gasteiger partial charge in [0.05, 0.1) is 19.3 Å². The number of aliphatic hydroxyl groups excluding tert-OH is 1. The van der Waals surface area contributed by atoms with Crippen LogP contribution in [0.4, 0.5) is 0 Å². The fourth-order valence-electron chi connectivity index (χ4n) is 2.44. The zero-order valence-corrected chi connectivity index (χ0v) is 13.4. The quantitative estimate of drug-likeness (QED) is 0.788. The van der Waals surface area contributed by atoms with E-state index in [4.69, 9.17) is 4.74 Å². The third-order valence-corrected chi connectivity index (χ3v) is 3.61. The Hall–Kier alpha value is -2.33. The van der Waals surface area contributed by atoms with Crippen LogP contribution in [0.1, 0.15) is 30.5 Å². The Balaban J connectivity index is 1.92. The minimum atomic E-state index is -0.370. The van der Waals surface area contributed by atoms with Crippen molar-refractivity contribution in [2.45, 2.75) is 25.8 Å². The first kappa shape index (κ1) is 17.0. The van der Waals surface area contributed by atoms with Crippen molar-refractivity contribution in [3.05, 3.63) is 65.7 Å². The molecule has 2 aromatic rings. The minimum absolute atomic E-state index is 0.0841. The molecule has 2 aromatic carbocycles. The standard InChI is InChI=1S/C19H23NO3/c1-2-23-18-11-7-6-10-16(18)12-13-19(22)20-17(14-21)15-8-4-3-5-9-15/h3-11,17,21H,2,12-14H2,1H3,(H,20,22). The molecule has 0 aliphatic rings. The predicted molar refractivity (Wildman–Crippen MR) is 90.3 cm³/mol. The van der Waals surface area contributed by atoms with Gasteiger partial charge in [0.25, 0.3) is 0 Å². The number of carbonyl (C=O) groups excluding carboxylic acids is 1. The second-order valence-corrected chi connectivity index (χ2v) is 5.25. The normalized spacial score (nSPS) is 11.7. The lowest BCUT2D eigenvalue weighted by Crippen LogP contribution is -2.30. The highest BCUT2D eigenvalue weighted by Gasteiger charge is 2.14. The van der Waals surface area contributed by atoms with Crippen molar-refractivity contribution in [3.63, 3.8) is 0 Å². The van der Waals surface area contributed by atoms with Crippen molar-refractivity contribution < 1.29 is 14.6 Å². The van der Waals surface area contributed by atoms with Gasteiger partial charge >= 0.3 is 0 Å². The van der Waals surface area contributed by atoms with Gasteiger partial charge in [-0.25, -0.2) is 0 Å². The van der Waals surface area contributed by atoms with E-state index < -0.39 is 0 Å². The molecule has 0 bridgehead atoms. The van der Waals surface area contributed by atoms with Gasteiger partial charge in [0, 0.05) is 6.42 Å². The van der Waals surface area contributed by atoms with Crippen molar-refractivity contribution in [1.82, 2.24) is 5.32 Å². The van der Waals surface area contributed by atoms with Crippen molar-refractivity contribution >= 4 is 5.91 Å². The average Bonchev–Trinajstić information content (AvgIpc) is 2.60. The summed E-state index contributed by atoms with van der Waals surface area (Å²) in [6, 6.07) is 16.9. The molecule has 4 heteroatoms. The number of hydrogen-bond donors (Lipinski definition) is 2. The van der Waals surface area contributed by atoms with Gasteiger partial charge in [0.2, 0.25) is 5.91 Å². The fourth-order valence-corrected chi connectivity index (χ4v) is 2.44. The molecule has 0 aliphatic heterocycles. The van der Waals surface area contributed by atoms with Gasteiger partial charge in [-0.15, -0.1) is 0 Å². The van der Waals surface area contributed by atoms with Crippen LogP contribution >= 0.6 is 0 Å². The van der Waals surface area contributed by atoms with E-state index in [1.807, 2.05) is 61.5 Å². The molecule has 0 heterocycles. The molecule has 23 heavy (non-hydrogen) atoms. The minimum Gasteiger partial charge on any atom is -0.494 e. The molecule has 0 radical (unpaired) electrons. The zero-order valence-electron chi connectivity index (χ0n) is 13.4. The Morgan fingerprint density at radius 1 is 1.13 bits per heavy atom. The van der Waals surface area contributed by atoms with Crippen LogP contribution in [0, 0.1) is 0 Å². The van der Waals surface area contributed by atoms with Gasteiger partial charge < -0.3 is 15.2 Å². The number of rotatable bonds is 8. The Morgan fingerprint density at radius 3 is 2.52 bits per heavy atom. The number of aliphatic hydroxyl groups is 1. The van der Waals surface area contributed by atoms with Gasteiger partial charge in [-0.1, -0.05) is 48.5 Å². The second kappa shape index (κ2) is 8.96. The SMILES string of the molecule is CCOc1ccccc1CCC(=O)NC(CO)c1ccccc1. The summed E-state index contributed by atoms with van der Waals surface area (Å²) >= 11 is 0. The molecule has 0 aliphatic carbocycles. The summed E-state index contributed by atoms with van der Waals surface area (Å²) in [7, 11) is 0. The van der Waals surface area contributed by atoms with E-state index in [1.54, 1.807) is 0 Å². The lowest BCUT2D eigenvalue weighted by atomic mass is 10.1. The summed E-state index contributed by atoms with van der Waals surface area (Å²) in [5, 5.41) is 12.4. The Morgan fingerprint density at radius 2 is 1.83 bits per heavy atom. The molecule has 0 aromatic heterocycles. The summed E-state index contributed by atoms with van der Waals surface area (Å²) in [6.07, 6.45) is 0.961. The number of para-hydroxylation sites is 1. The summed E-state index contributed by atoms with van der Waals surface area (Å²) in [5.41, 5.74) is 1.92. The number of carbonyl (C=O) groups is 1. The molecule has 4 nitrogen and oxygen atoms in total. The summed E-state index contributed by atoms with van der Waals surface area (Å²) in [6.45, 7) is 2.42. The van der Waals surface area contributed by atoms with Crippen LogP contribution in [-0.2, 0) is 11.2 Å². The molecular weight excluding hydrogens is 290 g/mol. The smallest absolute Gasteiger partial charge is 0.220 e. The van der Waals surface area contributed by atoms with Crippen molar-refractivity contribution in [2.24, 2.45) is 0 Å². The zero-order chi connectivity index (χ0) is 16.5. The maximum Gasteiger partial charge on any atom is 0.220 e. The molecule has 1 amide bonds. The molecule has 0 fully saturated rings. The third-order valence-electron chi connectivity index (χ3n) is 3.61. The highest BCUT2D eigenvalue weighted by molar-refractivity contribution is 5.76. The van der Waals surface area contributed by atoms with Crippen molar-refractivity contribution in [1.29, 1.82) is 0 Å². The number of benzene rings is 2. The summed E-state index contributed by atoms with van der Waals surface area (Å²) in [5.74, 6) is 0.740. The number of aryl methyl sites for hydroxylation is 1. The van der Waals surface area contributed by atoms with E-state index in [0.717, 1.165) is 16.9 Å². The van der Waals surface area contributed by atoms with Crippen molar-refractivity contribution in [3.8, 4) is 5.75 Å². The maximum atomic E-state index is 12.2. The third kappa shape index (κ3) is 5.11. The van der Waals surface area contributed by atoms with Gasteiger partial charge in [-0.2, -0.15) is 0 Å². The molecule has 0 spiro atoms. The van der Waals surface area contributed by atoms with Gasteiger partial charge in [0.1, 0.15) is 5.75 Å². The largest absolute Gasteiger partial charge is 0.494 e. The van der Waals surface area contributed by atoms with Crippen LogP contribution in [0.25, 0.3) is 0 Å². The maximum absolute atomic E-state index is 12.2. The Kier molecular flexibility index (Phi) is 6.63. The lowest BCUT2D eigenvalue weighted by Gasteiger charge is -2.17. The first-order valence-electron chi connectivity index (χ1n) is 7.90. The van der Waals surface area contributed by atoms with E-state index >= 15 is 0 Å². The number of ether oxygens (including phenoxy) is 1. The van der Waals surface area contributed by atoms with Crippen LogP contribution in [0.5, 0.6) is 5.75 Å². The Bertz CT molecular complexity index is 613. The van der Waals surface area contributed by atoms with Gasteiger partial charge in [-0.05, 0) is 30.5 Å². The summed E-state index contributed by atoms with van der Waals surface area (Å²) < 4.78 is 5.57. The van der Waals surface area contributed by atoms with E-state index in [0.29, 0.717) is 19.4 Å². The van der Waals surface area contributed by atoms with E-state index in [1.165, 1.54) is 0 Å². The van der Waals surface area contributed by atoms with Crippen LogP contribution < -0.4 is 10.1 Å². The van der Waals surface area contributed by atoms with E-state index in [2.05, 4.69) is 5.32 Å². The average molecular weight is 313 g/mol. The highest BCUT2D eigenvalue weighted by Crippen LogP contribution is 2.20. The molecule has 2 N–H and O–H groups in total. The topological polar surface area (TPSA) is 58.6 Å². The summed E-state index contributed by atoms with van der Waals surface area (Å²) in [4.78, 5) is 12.2. The van der Waals surface area contributed by atoms with Crippen LogP contribution in [0.15, 0.2) is 54.6 Å². The van der Waals surface area contributed by atoms with Crippen LogP contribution in [0.3, 0.4) is 0 Å².